The number of aromatic amines is 1. The Morgan fingerprint density at radius 2 is 1.95 bits per heavy atom. The van der Waals surface area contributed by atoms with Crippen molar-refractivity contribution < 1.29 is 13.2 Å². The maximum atomic E-state index is 12.1. The molecule has 1 aromatic carbocycles. The third-order valence-electron chi connectivity index (χ3n) is 2.93. The molecule has 1 heterocycles. The first-order valence-corrected chi connectivity index (χ1v) is 7.77. The number of nitrogens with zero attached hydrogens (tertiary/aromatic N) is 1. The van der Waals surface area contributed by atoms with Gasteiger partial charge in [-0.1, -0.05) is 0 Å². The summed E-state index contributed by atoms with van der Waals surface area (Å²) in [6, 6.07) is 5.13. The lowest BCUT2D eigenvalue weighted by molar-refractivity contribution is 0.0938. The van der Waals surface area contributed by atoms with Gasteiger partial charge in [0.15, 0.2) is 0 Å². The van der Waals surface area contributed by atoms with Crippen molar-refractivity contribution in [3.63, 3.8) is 0 Å². The number of aromatic nitrogens is 2. The van der Waals surface area contributed by atoms with Crippen LogP contribution < -0.4 is 10.5 Å². The van der Waals surface area contributed by atoms with Crippen molar-refractivity contribution in [3.8, 4) is 0 Å². The third-order valence-corrected chi connectivity index (χ3v) is 3.85. The second-order valence-electron chi connectivity index (χ2n) is 4.72. The number of nitrogens with one attached hydrogen (secondary N) is 2. The van der Waals surface area contributed by atoms with Crippen LogP contribution in [0.1, 0.15) is 34.8 Å². The highest BCUT2D eigenvalue weighted by Crippen LogP contribution is 2.12. The Hall–Kier alpha value is -2.19. The molecule has 0 fully saturated rings. The number of hydrogen-bond donors (Lipinski definition) is 3. The summed E-state index contributed by atoms with van der Waals surface area (Å²) >= 11 is 0. The SMILES string of the molecule is Cc1cnc([C@H](C)NC(=O)c2ccc(S(N)(=O)=O)cc2)[nH]1. The summed E-state index contributed by atoms with van der Waals surface area (Å²) in [6.45, 7) is 3.67. The lowest BCUT2D eigenvalue weighted by Gasteiger charge is -2.11. The van der Waals surface area contributed by atoms with E-state index in [4.69, 9.17) is 5.14 Å². The zero-order valence-corrected chi connectivity index (χ0v) is 12.4. The smallest absolute Gasteiger partial charge is 0.251 e. The van der Waals surface area contributed by atoms with Gasteiger partial charge in [-0.25, -0.2) is 18.5 Å². The summed E-state index contributed by atoms with van der Waals surface area (Å²) in [5.41, 5.74) is 1.25. The molecule has 0 aliphatic rings. The second kappa shape index (κ2) is 5.66. The van der Waals surface area contributed by atoms with Gasteiger partial charge in [0.2, 0.25) is 10.0 Å². The van der Waals surface area contributed by atoms with Gasteiger partial charge in [-0.05, 0) is 38.1 Å². The maximum absolute atomic E-state index is 12.1. The number of aryl methyl sites for hydroxylation is 1. The van der Waals surface area contributed by atoms with E-state index in [1.165, 1.54) is 24.3 Å². The van der Waals surface area contributed by atoms with Crippen LogP contribution in [0.25, 0.3) is 0 Å². The van der Waals surface area contributed by atoms with E-state index in [2.05, 4.69) is 15.3 Å². The van der Waals surface area contributed by atoms with E-state index < -0.39 is 10.0 Å². The van der Waals surface area contributed by atoms with Crippen LogP contribution in [0.3, 0.4) is 0 Å². The Bertz CT molecular complexity index is 750. The van der Waals surface area contributed by atoms with Gasteiger partial charge in [0.25, 0.3) is 5.91 Å². The summed E-state index contributed by atoms with van der Waals surface area (Å²) < 4.78 is 22.3. The molecule has 0 radical (unpaired) electrons. The molecule has 1 aromatic heterocycles. The van der Waals surface area contributed by atoms with Crippen molar-refractivity contribution in [3.05, 3.63) is 47.5 Å². The molecule has 0 saturated carbocycles. The normalized spacial score (nSPS) is 12.9. The zero-order chi connectivity index (χ0) is 15.6. The molecule has 0 aliphatic carbocycles. The fourth-order valence-electron chi connectivity index (χ4n) is 1.80. The first kappa shape index (κ1) is 15.2. The fourth-order valence-corrected chi connectivity index (χ4v) is 2.31. The molecule has 8 heteroatoms. The molecule has 21 heavy (non-hydrogen) atoms. The number of amides is 1. The Labute approximate surface area is 122 Å². The van der Waals surface area contributed by atoms with E-state index in [-0.39, 0.29) is 16.8 Å². The number of rotatable bonds is 4. The average Bonchev–Trinajstić information content (AvgIpc) is 2.84. The summed E-state index contributed by atoms with van der Waals surface area (Å²) in [6.07, 6.45) is 1.68. The molecule has 0 saturated heterocycles. The topological polar surface area (TPSA) is 118 Å². The van der Waals surface area contributed by atoms with Crippen LogP contribution in [0.2, 0.25) is 0 Å². The van der Waals surface area contributed by atoms with Gasteiger partial charge in [0.05, 0.1) is 10.9 Å². The minimum absolute atomic E-state index is 0.0336. The molecule has 0 aliphatic heterocycles. The standard InChI is InChI=1S/C13H16N4O3S/c1-8-7-15-12(16-8)9(2)17-13(18)10-3-5-11(6-4-10)21(14,19)20/h3-7,9H,1-2H3,(H,15,16)(H,17,18)(H2,14,19,20)/t9-/m0/s1. The number of carbonyl (C=O) groups excluding carboxylic acids is 1. The quantitative estimate of drug-likeness (QED) is 0.776. The van der Waals surface area contributed by atoms with Gasteiger partial charge in [-0.15, -0.1) is 0 Å². The monoisotopic (exact) mass is 308 g/mol. The molecule has 2 rings (SSSR count). The van der Waals surface area contributed by atoms with Crippen LogP contribution >= 0.6 is 0 Å². The molecule has 1 amide bonds. The molecular weight excluding hydrogens is 292 g/mol. The molecule has 7 nitrogen and oxygen atoms in total. The van der Waals surface area contributed by atoms with Crippen LogP contribution in [0.5, 0.6) is 0 Å². The Morgan fingerprint density at radius 1 is 1.33 bits per heavy atom. The number of sulfonamides is 1. The molecule has 0 bridgehead atoms. The lowest BCUT2D eigenvalue weighted by atomic mass is 10.2. The summed E-state index contributed by atoms with van der Waals surface area (Å²) in [4.78, 5) is 19.2. The first-order chi connectivity index (χ1) is 9.77. The Morgan fingerprint density at radius 3 is 2.43 bits per heavy atom. The minimum Gasteiger partial charge on any atom is -0.344 e. The summed E-state index contributed by atoms with van der Waals surface area (Å²) in [7, 11) is -3.76. The molecular formula is C13H16N4O3S. The van der Waals surface area contributed by atoms with E-state index in [0.717, 1.165) is 5.69 Å². The van der Waals surface area contributed by atoms with Crippen molar-refractivity contribution in [2.45, 2.75) is 24.8 Å². The Balaban J connectivity index is 2.10. The van der Waals surface area contributed by atoms with Crippen molar-refractivity contribution in [1.29, 1.82) is 0 Å². The van der Waals surface area contributed by atoms with Crippen LogP contribution in [0.15, 0.2) is 35.4 Å². The van der Waals surface area contributed by atoms with Crippen LogP contribution in [0.4, 0.5) is 0 Å². The highest BCUT2D eigenvalue weighted by molar-refractivity contribution is 7.89. The van der Waals surface area contributed by atoms with E-state index in [1.54, 1.807) is 13.1 Å². The van der Waals surface area contributed by atoms with Gasteiger partial charge in [0, 0.05) is 17.5 Å². The third kappa shape index (κ3) is 3.67. The molecule has 0 unspecified atom stereocenters. The van der Waals surface area contributed by atoms with Gasteiger partial charge >= 0.3 is 0 Å². The predicted molar refractivity (Wildman–Crippen MR) is 77.0 cm³/mol. The van der Waals surface area contributed by atoms with Gasteiger partial charge in [0.1, 0.15) is 5.82 Å². The fraction of sp³-hybridized carbons (Fsp3) is 0.231. The molecule has 112 valence electrons. The van der Waals surface area contributed by atoms with Gasteiger partial charge < -0.3 is 10.3 Å². The van der Waals surface area contributed by atoms with Crippen molar-refractivity contribution >= 4 is 15.9 Å². The number of nitrogens with two attached hydrogens (primary N) is 1. The molecule has 2 aromatic rings. The average molecular weight is 308 g/mol. The number of primary sulfonamides is 1. The highest BCUT2D eigenvalue weighted by Gasteiger charge is 2.14. The number of carbonyl (C=O) groups is 1. The van der Waals surface area contributed by atoms with Gasteiger partial charge in [-0.3, -0.25) is 4.79 Å². The zero-order valence-electron chi connectivity index (χ0n) is 11.6. The minimum atomic E-state index is -3.76. The van der Waals surface area contributed by atoms with E-state index >= 15 is 0 Å². The van der Waals surface area contributed by atoms with Crippen molar-refractivity contribution in [2.75, 3.05) is 0 Å². The number of imidazole rings is 1. The highest BCUT2D eigenvalue weighted by atomic mass is 32.2. The molecule has 0 spiro atoms. The maximum Gasteiger partial charge on any atom is 0.251 e. The van der Waals surface area contributed by atoms with E-state index in [0.29, 0.717) is 11.4 Å². The number of H-pyrrole nitrogens is 1. The second-order valence-corrected chi connectivity index (χ2v) is 6.28. The molecule has 4 N–H and O–H groups in total. The van der Waals surface area contributed by atoms with Crippen molar-refractivity contribution in [1.82, 2.24) is 15.3 Å². The largest absolute Gasteiger partial charge is 0.344 e. The summed E-state index contributed by atoms with van der Waals surface area (Å²) in [5.74, 6) is 0.333. The van der Waals surface area contributed by atoms with E-state index in [1.807, 2.05) is 6.92 Å². The summed E-state index contributed by atoms with van der Waals surface area (Å²) in [5, 5.41) is 7.77. The van der Waals surface area contributed by atoms with Crippen molar-refractivity contribution in [2.24, 2.45) is 5.14 Å². The Kier molecular flexibility index (Phi) is 4.10. The van der Waals surface area contributed by atoms with Crippen LogP contribution in [-0.4, -0.2) is 24.3 Å². The number of benzene rings is 1. The molecule has 1 atom stereocenters. The predicted octanol–water partition coefficient (Wildman–Crippen LogP) is 0.857. The van der Waals surface area contributed by atoms with E-state index in [9.17, 15) is 13.2 Å². The number of hydrogen-bond acceptors (Lipinski definition) is 4. The van der Waals surface area contributed by atoms with Crippen LogP contribution in [0, 0.1) is 6.92 Å². The van der Waals surface area contributed by atoms with Crippen LogP contribution in [-0.2, 0) is 10.0 Å². The first-order valence-electron chi connectivity index (χ1n) is 6.22. The van der Waals surface area contributed by atoms with Gasteiger partial charge in [-0.2, -0.15) is 0 Å². The lowest BCUT2D eigenvalue weighted by Crippen LogP contribution is -2.27.